The van der Waals surface area contributed by atoms with Crippen LogP contribution in [0.15, 0.2) is 17.2 Å². The van der Waals surface area contributed by atoms with Crippen LogP contribution in [0.3, 0.4) is 0 Å². The van der Waals surface area contributed by atoms with Gasteiger partial charge in [0.15, 0.2) is 0 Å². The molecule has 0 bridgehead atoms. The van der Waals surface area contributed by atoms with Gasteiger partial charge in [-0.3, -0.25) is 0 Å². The molecule has 3 N–H and O–H groups in total. The second-order valence-electron chi connectivity index (χ2n) is 4.94. The molecule has 2 aliphatic heterocycles. The highest BCUT2D eigenvalue weighted by Gasteiger charge is 2.43. The summed E-state index contributed by atoms with van der Waals surface area (Å²) in [5.41, 5.74) is 5.62. The number of urea groups is 1. The first kappa shape index (κ1) is 14.4. The Morgan fingerprint density at radius 3 is 2.76 bits per heavy atom. The van der Waals surface area contributed by atoms with Gasteiger partial charge in [-0.05, 0) is 6.07 Å². The third-order valence-electron chi connectivity index (χ3n) is 3.63. The SMILES string of the molecule is Nc1ncc(Cl)cc1S(=O)(=O)N1CC(N2CCNC2=O)C1. The van der Waals surface area contributed by atoms with Crippen molar-refractivity contribution in [2.45, 2.75) is 10.9 Å². The van der Waals surface area contributed by atoms with Crippen molar-refractivity contribution in [2.75, 3.05) is 31.9 Å². The van der Waals surface area contributed by atoms with E-state index in [0.29, 0.717) is 13.1 Å². The molecule has 0 aromatic carbocycles. The maximum atomic E-state index is 12.5. The van der Waals surface area contributed by atoms with E-state index < -0.39 is 10.0 Å². The number of aromatic nitrogens is 1. The average molecular weight is 332 g/mol. The molecule has 0 atom stereocenters. The number of amides is 2. The summed E-state index contributed by atoms with van der Waals surface area (Å²) in [6, 6.07) is 1.03. The Bertz CT molecular complexity index is 689. The van der Waals surface area contributed by atoms with E-state index in [-0.39, 0.29) is 40.9 Å². The fourth-order valence-electron chi connectivity index (χ4n) is 2.42. The second kappa shape index (κ2) is 5.00. The molecule has 0 spiro atoms. The zero-order valence-electron chi connectivity index (χ0n) is 11.0. The number of carbonyl (C=O) groups excluding carboxylic acids is 1. The summed E-state index contributed by atoms with van der Waals surface area (Å²) in [6.07, 6.45) is 1.30. The Kier molecular flexibility index (Phi) is 3.42. The highest BCUT2D eigenvalue weighted by atomic mass is 35.5. The van der Waals surface area contributed by atoms with Gasteiger partial charge < -0.3 is 16.0 Å². The molecule has 8 nitrogen and oxygen atoms in total. The number of anilines is 1. The van der Waals surface area contributed by atoms with Crippen molar-refractivity contribution in [3.8, 4) is 0 Å². The molecule has 0 unspecified atom stereocenters. The molecule has 3 rings (SSSR count). The number of nitrogen functional groups attached to an aromatic ring is 1. The average Bonchev–Trinajstić information content (AvgIpc) is 2.76. The molecule has 0 aliphatic carbocycles. The second-order valence-corrected chi connectivity index (χ2v) is 7.28. The van der Waals surface area contributed by atoms with Crippen molar-refractivity contribution in [3.63, 3.8) is 0 Å². The molecule has 2 amide bonds. The summed E-state index contributed by atoms with van der Waals surface area (Å²) in [5.74, 6) is -0.0817. The van der Waals surface area contributed by atoms with E-state index in [1.54, 1.807) is 4.90 Å². The number of pyridine rings is 1. The minimum atomic E-state index is -3.73. The van der Waals surface area contributed by atoms with Crippen LogP contribution in [-0.2, 0) is 10.0 Å². The zero-order valence-corrected chi connectivity index (χ0v) is 12.6. The Hall–Kier alpha value is -1.58. The summed E-state index contributed by atoms with van der Waals surface area (Å²) in [5, 5.41) is 2.90. The van der Waals surface area contributed by atoms with Crippen LogP contribution in [0.4, 0.5) is 10.6 Å². The first-order valence-corrected chi connectivity index (χ1v) is 8.17. The number of carbonyl (C=O) groups is 1. The van der Waals surface area contributed by atoms with Crippen molar-refractivity contribution in [1.82, 2.24) is 19.5 Å². The van der Waals surface area contributed by atoms with E-state index in [4.69, 9.17) is 17.3 Å². The lowest BCUT2D eigenvalue weighted by Crippen LogP contribution is -2.61. The number of hydrogen-bond acceptors (Lipinski definition) is 5. The highest BCUT2D eigenvalue weighted by molar-refractivity contribution is 7.89. The largest absolute Gasteiger partial charge is 0.383 e. The minimum absolute atomic E-state index is 0.0817. The van der Waals surface area contributed by atoms with Crippen molar-refractivity contribution in [3.05, 3.63) is 17.3 Å². The van der Waals surface area contributed by atoms with E-state index in [2.05, 4.69) is 10.3 Å². The van der Waals surface area contributed by atoms with Crippen molar-refractivity contribution in [2.24, 2.45) is 0 Å². The van der Waals surface area contributed by atoms with Gasteiger partial charge in [0.05, 0.1) is 11.1 Å². The first-order valence-electron chi connectivity index (χ1n) is 6.35. The molecular formula is C11H14ClN5O3S. The first-order chi connectivity index (χ1) is 9.89. The number of rotatable bonds is 3. The Morgan fingerprint density at radius 2 is 2.14 bits per heavy atom. The normalized spacial score (nSPS) is 20.4. The fraction of sp³-hybridized carbons (Fsp3) is 0.455. The van der Waals surface area contributed by atoms with Crippen LogP contribution in [-0.4, -0.2) is 60.9 Å². The van der Waals surface area contributed by atoms with Crippen LogP contribution < -0.4 is 11.1 Å². The van der Waals surface area contributed by atoms with Gasteiger partial charge >= 0.3 is 6.03 Å². The molecule has 114 valence electrons. The van der Waals surface area contributed by atoms with Gasteiger partial charge in [-0.15, -0.1) is 0 Å². The third-order valence-corrected chi connectivity index (χ3v) is 5.69. The van der Waals surface area contributed by atoms with Crippen LogP contribution >= 0.6 is 11.6 Å². The van der Waals surface area contributed by atoms with Gasteiger partial charge in [0, 0.05) is 32.4 Å². The maximum absolute atomic E-state index is 12.5. The molecule has 2 saturated heterocycles. The van der Waals surface area contributed by atoms with E-state index in [9.17, 15) is 13.2 Å². The van der Waals surface area contributed by atoms with E-state index in [0.717, 1.165) is 0 Å². The zero-order chi connectivity index (χ0) is 15.2. The number of nitrogens with two attached hydrogens (primary N) is 1. The van der Waals surface area contributed by atoms with Gasteiger partial charge in [0.25, 0.3) is 0 Å². The lowest BCUT2D eigenvalue weighted by molar-refractivity contribution is 0.124. The van der Waals surface area contributed by atoms with E-state index in [1.807, 2.05) is 0 Å². The summed E-state index contributed by atoms with van der Waals surface area (Å²) in [7, 11) is -3.73. The van der Waals surface area contributed by atoms with Crippen molar-refractivity contribution in [1.29, 1.82) is 0 Å². The Labute approximate surface area is 126 Å². The Morgan fingerprint density at radius 1 is 1.43 bits per heavy atom. The third kappa shape index (κ3) is 2.41. The van der Waals surface area contributed by atoms with Crippen LogP contribution in [0, 0.1) is 0 Å². The van der Waals surface area contributed by atoms with Crippen LogP contribution in [0.5, 0.6) is 0 Å². The number of sulfonamides is 1. The number of nitrogens with zero attached hydrogens (tertiary/aromatic N) is 3. The lowest BCUT2D eigenvalue weighted by atomic mass is 10.1. The predicted molar refractivity (Wildman–Crippen MR) is 76.3 cm³/mol. The number of nitrogens with one attached hydrogen (secondary N) is 1. The Balaban J connectivity index is 1.76. The molecule has 1 aromatic heterocycles. The smallest absolute Gasteiger partial charge is 0.317 e. The molecule has 0 radical (unpaired) electrons. The maximum Gasteiger partial charge on any atom is 0.317 e. The standard InChI is InChI=1S/C11H14ClN5O3S/c12-7-3-9(10(13)15-4-7)21(19,20)16-5-8(6-16)17-2-1-14-11(17)18/h3-4,8H,1-2,5-6H2,(H2,13,15)(H,14,18). The van der Waals surface area contributed by atoms with Crippen molar-refractivity contribution < 1.29 is 13.2 Å². The lowest BCUT2D eigenvalue weighted by Gasteiger charge is -2.42. The summed E-state index contributed by atoms with van der Waals surface area (Å²) in [6.45, 7) is 1.69. The van der Waals surface area contributed by atoms with Gasteiger partial charge in [-0.2, -0.15) is 4.31 Å². The van der Waals surface area contributed by atoms with Gasteiger partial charge in [-0.1, -0.05) is 11.6 Å². The molecule has 2 fully saturated rings. The summed E-state index contributed by atoms with van der Waals surface area (Å²) < 4.78 is 26.2. The van der Waals surface area contributed by atoms with Gasteiger partial charge in [0.1, 0.15) is 10.7 Å². The predicted octanol–water partition coefficient (Wildman–Crippen LogP) is -0.285. The molecule has 3 heterocycles. The van der Waals surface area contributed by atoms with Crippen LogP contribution in [0.2, 0.25) is 5.02 Å². The van der Waals surface area contributed by atoms with Crippen molar-refractivity contribution >= 4 is 33.5 Å². The summed E-state index contributed by atoms with van der Waals surface area (Å²) >= 11 is 5.78. The minimum Gasteiger partial charge on any atom is -0.383 e. The topological polar surface area (TPSA) is 109 Å². The molecule has 1 aromatic rings. The fourth-order valence-corrected chi connectivity index (χ4v) is 4.25. The molecule has 2 aliphatic rings. The van der Waals surface area contributed by atoms with E-state index >= 15 is 0 Å². The number of hydrogen-bond donors (Lipinski definition) is 2. The quantitative estimate of drug-likeness (QED) is 0.791. The molecule has 21 heavy (non-hydrogen) atoms. The molecule has 0 saturated carbocycles. The summed E-state index contributed by atoms with van der Waals surface area (Å²) in [4.78, 5) is 16.8. The molecular weight excluding hydrogens is 318 g/mol. The monoisotopic (exact) mass is 331 g/mol. The van der Waals surface area contributed by atoms with Crippen LogP contribution in [0.25, 0.3) is 0 Å². The number of halogens is 1. The van der Waals surface area contributed by atoms with E-state index in [1.165, 1.54) is 16.6 Å². The molecule has 10 heteroatoms. The highest BCUT2D eigenvalue weighted by Crippen LogP contribution is 2.28. The van der Waals surface area contributed by atoms with Gasteiger partial charge in [-0.25, -0.2) is 18.2 Å². The van der Waals surface area contributed by atoms with Crippen LogP contribution in [0.1, 0.15) is 0 Å². The van der Waals surface area contributed by atoms with Gasteiger partial charge in [0.2, 0.25) is 10.0 Å².